The molecule has 0 radical (unpaired) electrons. The Morgan fingerprint density at radius 3 is 2.89 bits per heavy atom. The van der Waals surface area contributed by atoms with E-state index in [-0.39, 0.29) is 5.02 Å². The summed E-state index contributed by atoms with van der Waals surface area (Å²) in [6, 6.07) is 4.48. The van der Waals surface area contributed by atoms with E-state index in [1.807, 2.05) is 0 Å². The fraction of sp³-hybridized carbons (Fsp3) is 0.462. The van der Waals surface area contributed by atoms with Crippen LogP contribution >= 0.6 is 11.6 Å². The minimum atomic E-state index is -0.835. The number of hydrogen-bond donors (Lipinski definition) is 2. The quantitative estimate of drug-likeness (QED) is 0.888. The SMILES string of the molecule is O=C(O)C1(Cc2ccc(Cl)c(F)c2)CCCNC1. The Bertz CT molecular complexity index is 458. The second-order valence-electron chi connectivity index (χ2n) is 4.79. The first-order valence-electron chi connectivity index (χ1n) is 5.92. The third-order valence-corrected chi connectivity index (χ3v) is 3.76. The maximum atomic E-state index is 13.4. The molecule has 1 heterocycles. The van der Waals surface area contributed by atoms with Crippen molar-refractivity contribution in [1.82, 2.24) is 5.32 Å². The Morgan fingerprint density at radius 2 is 2.33 bits per heavy atom. The van der Waals surface area contributed by atoms with Gasteiger partial charge in [-0.15, -0.1) is 0 Å². The van der Waals surface area contributed by atoms with Gasteiger partial charge in [0.1, 0.15) is 5.82 Å². The second kappa shape index (κ2) is 5.24. The molecule has 1 aliphatic rings. The highest BCUT2D eigenvalue weighted by Gasteiger charge is 2.39. The average molecular weight is 272 g/mol. The largest absolute Gasteiger partial charge is 0.481 e. The topological polar surface area (TPSA) is 49.3 Å². The first-order chi connectivity index (χ1) is 8.53. The van der Waals surface area contributed by atoms with Gasteiger partial charge in [0.15, 0.2) is 0 Å². The molecular weight excluding hydrogens is 257 g/mol. The molecule has 1 unspecified atom stereocenters. The smallest absolute Gasteiger partial charge is 0.311 e. The van der Waals surface area contributed by atoms with Gasteiger partial charge in [-0.1, -0.05) is 17.7 Å². The minimum absolute atomic E-state index is 0.0601. The van der Waals surface area contributed by atoms with Crippen LogP contribution in [-0.4, -0.2) is 24.2 Å². The molecule has 1 saturated heterocycles. The van der Waals surface area contributed by atoms with E-state index < -0.39 is 17.2 Å². The van der Waals surface area contributed by atoms with Crippen molar-refractivity contribution in [2.24, 2.45) is 5.41 Å². The van der Waals surface area contributed by atoms with Crippen LogP contribution in [-0.2, 0) is 11.2 Å². The van der Waals surface area contributed by atoms with Gasteiger partial charge in [-0.05, 0) is 43.5 Å². The van der Waals surface area contributed by atoms with Gasteiger partial charge in [0.05, 0.1) is 10.4 Å². The summed E-state index contributed by atoms with van der Waals surface area (Å²) in [4.78, 5) is 11.5. The molecule has 1 aliphatic heterocycles. The number of hydrogen-bond acceptors (Lipinski definition) is 2. The maximum Gasteiger partial charge on any atom is 0.311 e. The molecule has 1 atom stereocenters. The van der Waals surface area contributed by atoms with Crippen LogP contribution in [0.3, 0.4) is 0 Å². The summed E-state index contributed by atoms with van der Waals surface area (Å²) in [5.41, 5.74) is -0.165. The van der Waals surface area contributed by atoms with Gasteiger partial charge in [-0.25, -0.2) is 4.39 Å². The first-order valence-corrected chi connectivity index (χ1v) is 6.29. The van der Waals surface area contributed by atoms with Crippen LogP contribution in [0.1, 0.15) is 18.4 Å². The van der Waals surface area contributed by atoms with Gasteiger partial charge < -0.3 is 10.4 Å². The van der Waals surface area contributed by atoms with Crippen LogP contribution in [0, 0.1) is 11.2 Å². The molecule has 3 nitrogen and oxygen atoms in total. The number of carboxylic acid groups (broad SMARTS) is 1. The molecule has 5 heteroatoms. The standard InChI is InChI=1S/C13H15ClFNO2/c14-10-3-2-9(6-11(10)15)7-13(12(17)18)4-1-5-16-8-13/h2-3,6,16H,1,4-5,7-8H2,(H,17,18). The zero-order valence-corrected chi connectivity index (χ0v) is 10.6. The van der Waals surface area contributed by atoms with Gasteiger partial charge in [-0.3, -0.25) is 4.79 Å². The number of aliphatic carboxylic acids is 1. The summed E-state index contributed by atoms with van der Waals surface area (Å²) in [6.45, 7) is 1.26. The van der Waals surface area contributed by atoms with Gasteiger partial charge in [0, 0.05) is 6.54 Å². The highest BCUT2D eigenvalue weighted by molar-refractivity contribution is 6.30. The number of carbonyl (C=O) groups is 1. The number of carboxylic acids is 1. The fourth-order valence-corrected chi connectivity index (χ4v) is 2.53. The lowest BCUT2D eigenvalue weighted by Gasteiger charge is -2.33. The molecule has 0 amide bonds. The molecule has 0 saturated carbocycles. The predicted octanol–water partition coefficient (Wildman–Crippen LogP) is 2.48. The third kappa shape index (κ3) is 2.65. The molecular formula is C13H15ClFNO2. The van der Waals surface area contributed by atoms with Crippen LogP contribution in [0.5, 0.6) is 0 Å². The van der Waals surface area contributed by atoms with Gasteiger partial charge in [0.25, 0.3) is 0 Å². The monoisotopic (exact) mass is 271 g/mol. The number of nitrogens with one attached hydrogen (secondary N) is 1. The van der Waals surface area contributed by atoms with Gasteiger partial charge in [0.2, 0.25) is 0 Å². The predicted molar refractivity (Wildman–Crippen MR) is 67.3 cm³/mol. The lowest BCUT2D eigenvalue weighted by Crippen LogP contribution is -2.47. The van der Waals surface area contributed by atoms with Crippen molar-refractivity contribution < 1.29 is 14.3 Å². The Labute approximate surface area is 110 Å². The zero-order chi connectivity index (χ0) is 13.2. The summed E-state index contributed by atoms with van der Waals surface area (Å²) in [5.74, 6) is -1.33. The van der Waals surface area contributed by atoms with Gasteiger partial charge in [-0.2, -0.15) is 0 Å². The van der Waals surface area contributed by atoms with E-state index in [0.29, 0.717) is 24.9 Å². The summed E-state index contributed by atoms with van der Waals surface area (Å²) >= 11 is 5.62. The van der Waals surface area contributed by atoms with E-state index in [1.54, 1.807) is 6.07 Å². The van der Waals surface area contributed by atoms with Crippen LogP contribution in [0.2, 0.25) is 5.02 Å². The molecule has 0 bridgehead atoms. The van der Waals surface area contributed by atoms with Crippen LogP contribution < -0.4 is 5.32 Å². The van der Waals surface area contributed by atoms with Crippen molar-refractivity contribution in [2.45, 2.75) is 19.3 Å². The Kier molecular flexibility index (Phi) is 3.88. The van der Waals surface area contributed by atoms with Crippen LogP contribution in [0.4, 0.5) is 4.39 Å². The number of piperidine rings is 1. The molecule has 0 aromatic heterocycles. The third-order valence-electron chi connectivity index (χ3n) is 3.45. The lowest BCUT2D eigenvalue weighted by atomic mass is 9.76. The van der Waals surface area contributed by atoms with Crippen molar-refractivity contribution in [3.63, 3.8) is 0 Å². The molecule has 98 valence electrons. The lowest BCUT2D eigenvalue weighted by molar-refractivity contribution is -0.150. The molecule has 2 N–H and O–H groups in total. The van der Waals surface area contributed by atoms with E-state index in [0.717, 1.165) is 13.0 Å². The fourth-order valence-electron chi connectivity index (χ4n) is 2.42. The Hall–Kier alpha value is -1.13. The summed E-state index contributed by atoms with van der Waals surface area (Å²) in [7, 11) is 0. The van der Waals surface area contributed by atoms with Crippen LogP contribution in [0.25, 0.3) is 0 Å². The number of benzene rings is 1. The maximum absolute atomic E-state index is 13.4. The van der Waals surface area contributed by atoms with Crippen molar-refractivity contribution in [2.75, 3.05) is 13.1 Å². The van der Waals surface area contributed by atoms with Crippen molar-refractivity contribution >= 4 is 17.6 Å². The van der Waals surface area contributed by atoms with Crippen molar-refractivity contribution in [1.29, 1.82) is 0 Å². The molecule has 18 heavy (non-hydrogen) atoms. The second-order valence-corrected chi connectivity index (χ2v) is 5.20. The van der Waals surface area contributed by atoms with E-state index >= 15 is 0 Å². The number of halogens is 2. The van der Waals surface area contributed by atoms with Crippen molar-refractivity contribution in [3.05, 3.63) is 34.6 Å². The van der Waals surface area contributed by atoms with Crippen molar-refractivity contribution in [3.8, 4) is 0 Å². The Balaban J connectivity index is 2.23. The highest BCUT2D eigenvalue weighted by atomic mass is 35.5. The summed E-state index contributed by atoms with van der Waals surface area (Å²) in [6.07, 6.45) is 1.76. The normalized spacial score (nSPS) is 23.9. The summed E-state index contributed by atoms with van der Waals surface area (Å²) in [5, 5.41) is 12.6. The average Bonchev–Trinajstić information content (AvgIpc) is 2.35. The molecule has 2 rings (SSSR count). The molecule has 1 aromatic rings. The van der Waals surface area contributed by atoms with E-state index in [1.165, 1.54) is 12.1 Å². The minimum Gasteiger partial charge on any atom is -0.481 e. The molecule has 0 aliphatic carbocycles. The number of rotatable bonds is 3. The van der Waals surface area contributed by atoms with Gasteiger partial charge >= 0.3 is 5.97 Å². The molecule has 0 spiro atoms. The van der Waals surface area contributed by atoms with Crippen LogP contribution in [0.15, 0.2) is 18.2 Å². The summed E-state index contributed by atoms with van der Waals surface area (Å²) < 4.78 is 13.4. The van der Waals surface area contributed by atoms with E-state index in [2.05, 4.69) is 5.32 Å². The molecule has 1 aromatic carbocycles. The zero-order valence-electron chi connectivity index (χ0n) is 9.88. The first kappa shape index (κ1) is 13.3. The van der Waals surface area contributed by atoms with E-state index in [9.17, 15) is 14.3 Å². The Morgan fingerprint density at radius 1 is 1.56 bits per heavy atom. The highest BCUT2D eigenvalue weighted by Crippen LogP contribution is 2.31. The van der Waals surface area contributed by atoms with E-state index in [4.69, 9.17) is 11.6 Å². The molecule has 1 fully saturated rings.